The van der Waals surface area contributed by atoms with Crippen molar-refractivity contribution in [1.29, 1.82) is 0 Å². The fourth-order valence-corrected chi connectivity index (χ4v) is 2.92. The predicted octanol–water partition coefficient (Wildman–Crippen LogP) is 2.57. The van der Waals surface area contributed by atoms with E-state index in [9.17, 15) is 0 Å². The number of rotatable bonds is 6. The fourth-order valence-electron chi connectivity index (χ4n) is 2.92. The zero-order valence-corrected chi connectivity index (χ0v) is 13.9. The van der Waals surface area contributed by atoms with E-state index in [4.69, 9.17) is 0 Å². The minimum Gasteiger partial charge on any atom is -0.297 e. The summed E-state index contributed by atoms with van der Waals surface area (Å²) in [6, 6.07) is 5.25. The molecule has 0 spiro atoms. The van der Waals surface area contributed by atoms with Crippen LogP contribution in [0.15, 0.2) is 24.5 Å². The normalized spacial score (nSPS) is 22.9. The fraction of sp³-hybridized carbons (Fsp3) is 0.706. The van der Waals surface area contributed by atoms with Gasteiger partial charge in [-0.15, -0.1) is 0 Å². The van der Waals surface area contributed by atoms with Crippen molar-refractivity contribution in [3.63, 3.8) is 0 Å². The third kappa shape index (κ3) is 5.06. The van der Waals surface area contributed by atoms with Crippen molar-refractivity contribution in [2.24, 2.45) is 5.41 Å². The molecule has 1 fully saturated rings. The maximum Gasteiger partial charge on any atom is 0.0355 e. The second-order valence-corrected chi connectivity index (χ2v) is 7.24. The monoisotopic (exact) mass is 290 g/mol. The van der Waals surface area contributed by atoms with Crippen LogP contribution in [0.3, 0.4) is 0 Å². The van der Waals surface area contributed by atoms with Crippen LogP contribution in [0.1, 0.15) is 46.1 Å². The molecule has 2 unspecified atom stereocenters. The molecule has 1 aromatic heterocycles. The summed E-state index contributed by atoms with van der Waals surface area (Å²) in [6.07, 6.45) is 6.19. The highest BCUT2D eigenvalue weighted by molar-refractivity contribution is 5.08. The third-order valence-electron chi connectivity index (χ3n) is 4.17. The molecule has 4 nitrogen and oxygen atoms in total. The number of nitrogens with zero attached hydrogens (tertiary/aromatic N) is 2. The van der Waals surface area contributed by atoms with Gasteiger partial charge in [0.2, 0.25) is 0 Å². The molecule has 1 saturated heterocycles. The van der Waals surface area contributed by atoms with Crippen LogP contribution in [0.2, 0.25) is 0 Å². The Morgan fingerprint density at radius 1 is 1.33 bits per heavy atom. The molecule has 2 heterocycles. The summed E-state index contributed by atoms with van der Waals surface area (Å²) in [7, 11) is 0. The summed E-state index contributed by atoms with van der Waals surface area (Å²) in [5, 5.41) is 0. The van der Waals surface area contributed by atoms with Crippen molar-refractivity contribution in [2.75, 3.05) is 13.1 Å². The molecule has 2 N–H and O–H groups in total. The minimum absolute atomic E-state index is 0.306. The molecule has 21 heavy (non-hydrogen) atoms. The Balaban J connectivity index is 1.89. The Hall–Kier alpha value is -0.970. The van der Waals surface area contributed by atoms with Gasteiger partial charge < -0.3 is 0 Å². The van der Waals surface area contributed by atoms with E-state index in [1.54, 1.807) is 0 Å². The summed E-state index contributed by atoms with van der Waals surface area (Å²) in [6.45, 7) is 12.3. The SMILES string of the molecule is CCCN(Cc1cccnc1)CC1CC(C(C)(C)C)NN1. The van der Waals surface area contributed by atoms with Crippen molar-refractivity contribution in [3.8, 4) is 0 Å². The maximum absolute atomic E-state index is 4.22. The quantitative estimate of drug-likeness (QED) is 0.845. The second-order valence-electron chi connectivity index (χ2n) is 7.24. The van der Waals surface area contributed by atoms with Crippen LogP contribution in [-0.4, -0.2) is 35.1 Å². The molecule has 1 aromatic rings. The van der Waals surface area contributed by atoms with Crippen molar-refractivity contribution < 1.29 is 0 Å². The van der Waals surface area contributed by atoms with E-state index in [1.165, 1.54) is 18.4 Å². The van der Waals surface area contributed by atoms with Crippen LogP contribution >= 0.6 is 0 Å². The number of hydrazine groups is 1. The van der Waals surface area contributed by atoms with Gasteiger partial charge in [0.15, 0.2) is 0 Å². The molecule has 0 amide bonds. The largest absolute Gasteiger partial charge is 0.297 e. The molecular formula is C17H30N4. The van der Waals surface area contributed by atoms with Gasteiger partial charge in [0, 0.05) is 37.6 Å². The summed E-state index contributed by atoms with van der Waals surface area (Å²) in [5.41, 5.74) is 8.55. The lowest BCUT2D eigenvalue weighted by Gasteiger charge is -2.27. The lowest BCUT2D eigenvalue weighted by molar-refractivity contribution is 0.237. The number of hydrogen-bond donors (Lipinski definition) is 2. The van der Waals surface area contributed by atoms with Crippen molar-refractivity contribution in [3.05, 3.63) is 30.1 Å². The zero-order valence-electron chi connectivity index (χ0n) is 13.9. The van der Waals surface area contributed by atoms with E-state index in [-0.39, 0.29) is 0 Å². The molecule has 2 atom stereocenters. The summed E-state index contributed by atoms with van der Waals surface area (Å²) in [5.74, 6) is 0. The number of aromatic nitrogens is 1. The predicted molar refractivity (Wildman–Crippen MR) is 87.7 cm³/mol. The Morgan fingerprint density at radius 3 is 2.71 bits per heavy atom. The van der Waals surface area contributed by atoms with Crippen molar-refractivity contribution in [1.82, 2.24) is 20.7 Å². The maximum atomic E-state index is 4.22. The Kier molecular flexibility index (Phi) is 5.73. The van der Waals surface area contributed by atoms with Gasteiger partial charge in [0.25, 0.3) is 0 Å². The highest BCUT2D eigenvalue weighted by atomic mass is 15.4. The first kappa shape index (κ1) is 16.4. The average molecular weight is 290 g/mol. The Bertz CT molecular complexity index is 413. The summed E-state index contributed by atoms with van der Waals surface area (Å²) in [4.78, 5) is 6.75. The van der Waals surface area contributed by atoms with Crippen LogP contribution in [0.5, 0.6) is 0 Å². The standard InChI is InChI=1S/C17H30N4/c1-5-9-21(12-14-7-6-8-18-11-14)13-15-10-16(20-19-15)17(2,3)4/h6-8,11,15-16,19-20H,5,9-10,12-13H2,1-4H3. The zero-order chi connectivity index (χ0) is 15.3. The van der Waals surface area contributed by atoms with Gasteiger partial charge in [-0.1, -0.05) is 33.8 Å². The molecule has 0 saturated carbocycles. The first-order valence-corrected chi connectivity index (χ1v) is 8.11. The van der Waals surface area contributed by atoms with E-state index in [2.05, 4.69) is 54.5 Å². The van der Waals surface area contributed by atoms with Gasteiger partial charge in [-0.05, 0) is 36.4 Å². The number of hydrogen-bond acceptors (Lipinski definition) is 4. The molecule has 0 bridgehead atoms. The Morgan fingerprint density at radius 2 is 2.14 bits per heavy atom. The molecule has 0 aliphatic carbocycles. The molecule has 1 aliphatic heterocycles. The highest BCUT2D eigenvalue weighted by Crippen LogP contribution is 2.25. The van der Waals surface area contributed by atoms with Gasteiger partial charge in [-0.2, -0.15) is 0 Å². The van der Waals surface area contributed by atoms with E-state index >= 15 is 0 Å². The van der Waals surface area contributed by atoms with Gasteiger partial charge in [0.1, 0.15) is 0 Å². The smallest absolute Gasteiger partial charge is 0.0355 e. The minimum atomic E-state index is 0.306. The molecule has 118 valence electrons. The number of pyridine rings is 1. The van der Waals surface area contributed by atoms with Crippen molar-refractivity contribution >= 4 is 0 Å². The molecular weight excluding hydrogens is 260 g/mol. The van der Waals surface area contributed by atoms with Crippen LogP contribution in [0, 0.1) is 5.41 Å². The molecule has 1 aliphatic rings. The Labute approximate surface area is 129 Å². The van der Waals surface area contributed by atoms with Crippen LogP contribution in [0.25, 0.3) is 0 Å². The van der Waals surface area contributed by atoms with Gasteiger partial charge in [0.05, 0.1) is 0 Å². The van der Waals surface area contributed by atoms with Gasteiger partial charge in [-0.3, -0.25) is 20.7 Å². The van der Waals surface area contributed by atoms with Crippen LogP contribution < -0.4 is 10.9 Å². The molecule has 0 radical (unpaired) electrons. The first-order valence-electron chi connectivity index (χ1n) is 8.11. The van der Waals surface area contributed by atoms with Gasteiger partial charge in [-0.25, -0.2) is 0 Å². The molecule has 0 aromatic carbocycles. The van der Waals surface area contributed by atoms with E-state index in [0.717, 1.165) is 19.6 Å². The van der Waals surface area contributed by atoms with Crippen LogP contribution in [0.4, 0.5) is 0 Å². The summed E-state index contributed by atoms with van der Waals surface area (Å²) < 4.78 is 0. The summed E-state index contributed by atoms with van der Waals surface area (Å²) >= 11 is 0. The lowest BCUT2D eigenvalue weighted by Crippen LogP contribution is -2.42. The first-order chi connectivity index (χ1) is 9.99. The highest BCUT2D eigenvalue weighted by Gasteiger charge is 2.33. The van der Waals surface area contributed by atoms with E-state index in [1.807, 2.05) is 18.5 Å². The van der Waals surface area contributed by atoms with Crippen molar-refractivity contribution in [2.45, 2.75) is 59.2 Å². The van der Waals surface area contributed by atoms with E-state index in [0.29, 0.717) is 17.5 Å². The topological polar surface area (TPSA) is 40.2 Å². The number of nitrogens with one attached hydrogen (secondary N) is 2. The van der Waals surface area contributed by atoms with Gasteiger partial charge >= 0.3 is 0 Å². The molecule has 2 rings (SSSR count). The van der Waals surface area contributed by atoms with Crippen LogP contribution in [-0.2, 0) is 6.54 Å². The second kappa shape index (κ2) is 7.34. The lowest BCUT2D eigenvalue weighted by atomic mass is 9.84. The third-order valence-corrected chi connectivity index (χ3v) is 4.17. The average Bonchev–Trinajstić information content (AvgIpc) is 2.89. The molecule has 4 heteroatoms. The van der Waals surface area contributed by atoms with E-state index < -0.39 is 0 Å².